The third-order valence-corrected chi connectivity index (χ3v) is 5.22. The normalized spacial score (nSPS) is 13.6. The molecule has 1 saturated heterocycles. The van der Waals surface area contributed by atoms with Gasteiger partial charge in [-0.25, -0.2) is 0 Å². The molecule has 0 atom stereocenters. The van der Waals surface area contributed by atoms with Gasteiger partial charge in [-0.15, -0.1) is 0 Å². The predicted octanol–water partition coefficient (Wildman–Crippen LogP) is 4.50. The first-order valence-corrected chi connectivity index (χ1v) is 9.79. The molecular formula is C23H28N2O2. The summed E-state index contributed by atoms with van der Waals surface area (Å²) >= 11 is 0. The molecule has 2 aromatic rings. The minimum Gasteiger partial charge on any atom is -0.339 e. The SMILES string of the molecule is Cc1ccc(CCCC(=O)Nc2cccc(C(=O)N3CCCC3)c2C)cc1. The zero-order valence-corrected chi connectivity index (χ0v) is 16.3. The lowest BCUT2D eigenvalue weighted by atomic mass is 10.0. The highest BCUT2D eigenvalue weighted by molar-refractivity contribution is 5.99. The number of hydrogen-bond acceptors (Lipinski definition) is 2. The van der Waals surface area contributed by atoms with Crippen LogP contribution >= 0.6 is 0 Å². The number of rotatable bonds is 6. The summed E-state index contributed by atoms with van der Waals surface area (Å²) in [6.45, 7) is 5.63. The zero-order chi connectivity index (χ0) is 19.2. The van der Waals surface area contributed by atoms with Crippen LogP contribution in [0.15, 0.2) is 42.5 Å². The molecule has 1 aliphatic rings. The van der Waals surface area contributed by atoms with Crippen LogP contribution in [0.25, 0.3) is 0 Å². The van der Waals surface area contributed by atoms with Gasteiger partial charge in [0.15, 0.2) is 0 Å². The maximum Gasteiger partial charge on any atom is 0.254 e. The van der Waals surface area contributed by atoms with E-state index >= 15 is 0 Å². The Morgan fingerprint density at radius 1 is 1.00 bits per heavy atom. The minimum atomic E-state index is -0.00372. The summed E-state index contributed by atoms with van der Waals surface area (Å²) in [5, 5.41) is 2.98. The number of anilines is 1. The van der Waals surface area contributed by atoms with Crippen molar-refractivity contribution in [3.63, 3.8) is 0 Å². The minimum absolute atomic E-state index is 0.00372. The van der Waals surface area contributed by atoms with Gasteiger partial charge in [-0.3, -0.25) is 9.59 Å². The zero-order valence-electron chi connectivity index (χ0n) is 16.3. The average molecular weight is 364 g/mol. The van der Waals surface area contributed by atoms with Crippen molar-refractivity contribution in [1.29, 1.82) is 0 Å². The highest BCUT2D eigenvalue weighted by Gasteiger charge is 2.21. The molecule has 0 radical (unpaired) electrons. The number of nitrogens with zero attached hydrogens (tertiary/aromatic N) is 1. The van der Waals surface area contributed by atoms with Crippen molar-refractivity contribution in [3.05, 3.63) is 64.7 Å². The Labute approximate surface area is 161 Å². The van der Waals surface area contributed by atoms with Crippen LogP contribution in [0.3, 0.4) is 0 Å². The molecule has 0 saturated carbocycles. The first kappa shape index (κ1) is 19.2. The molecule has 0 aromatic heterocycles. The molecule has 2 amide bonds. The quantitative estimate of drug-likeness (QED) is 0.820. The summed E-state index contributed by atoms with van der Waals surface area (Å²) in [5.41, 5.74) is 4.77. The molecule has 0 aliphatic carbocycles. The third kappa shape index (κ3) is 4.97. The van der Waals surface area contributed by atoms with Gasteiger partial charge in [0.1, 0.15) is 0 Å². The standard InChI is InChI=1S/C23H28N2O2/c1-17-11-13-19(14-12-17)7-5-10-22(26)24-21-9-6-8-20(18(21)2)23(27)25-15-3-4-16-25/h6,8-9,11-14H,3-5,7,10,15-16H2,1-2H3,(H,24,26). The van der Waals surface area contributed by atoms with Gasteiger partial charge in [-0.05, 0) is 62.8 Å². The molecule has 27 heavy (non-hydrogen) atoms. The van der Waals surface area contributed by atoms with Crippen LogP contribution < -0.4 is 5.32 Å². The number of hydrogen-bond donors (Lipinski definition) is 1. The van der Waals surface area contributed by atoms with Crippen molar-refractivity contribution in [1.82, 2.24) is 4.90 Å². The molecule has 142 valence electrons. The summed E-state index contributed by atoms with van der Waals surface area (Å²) in [5.74, 6) is 0.0662. The summed E-state index contributed by atoms with van der Waals surface area (Å²) in [7, 11) is 0. The highest BCUT2D eigenvalue weighted by atomic mass is 16.2. The predicted molar refractivity (Wildman–Crippen MR) is 109 cm³/mol. The fourth-order valence-corrected chi connectivity index (χ4v) is 3.51. The number of carbonyl (C=O) groups excluding carboxylic acids is 2. The fraction of sp³-hybridized carbons (Fsp3) is 0.391. The van der Waals surface area contributed by atoms with E-state index in [9.17, 15) is 9.59 Å². The fourth-order valence-electron chi connectivity index (χ4n) is 3.51. The number of nitrogens with one attached hydrogen (secondary N) is 1. The second kappa shape index (κ2) is 8.85. The number of carbonyl (C=O) groups is 2. The lowest BCUT2D eigenvalue weighted by Gasteiger charge is -2.18. The maximum atomic E-state index is 12.7. The molecular weight excluding hydrogens is 336 g/mol. The van der Waals surface area contributed by atoms with Crippen molar-refractivity contribution in [2.75, 3.05) is 18.4 Å². The van der Waals surface area contributed by atoms with Crippen molar-refractivity contribution >= 4 is 17.5 Å². The largest absolute Gasteiger partial charge is 0.339 e. The van der Waals surface area contributed by atoms with Crippen LogP contribution in [0.4, 0.5) is 5.69 Å². The molecule has 0 spiro atoms. The molecule has 1 fully saturated rings. The number of likely N-dealkylation sites (tertiary alicyclic amines) is 1. The van der Waals surface area contributed by atoms with Gasteiger partial charge in [0, 0.05) is 30.8 Å². The van der Waals surface area contributed by atoms with Gasteiger partial charge >= 0.3 is 0 Å². The van der Waals surface area contributed by atoms with Gasteiger partial charge in [0.25, 0.3) is 5.91 Å². The number of amides is 2. The second-order valence-corrected chi connectivity index (χ2v) is 7.36. The van der Waals surface area contributed by atoms with Gasteiger partial charge in [0.2, 0.25) is 5.91 Å². The number of aryl methyl sites for hydroxylation is 2. The van der Waals surface area contributed by atoms with Crippen molar-refractivity contribution in [2.24, 2.45) is 0 Å². The van der Waals surface area contributed by atoms with Crippen LogP contribution in [0.5, 0.6) is 0 Å². The number of benzene rings is 2. The molecule has 1 aliphatic heterocycles. The summed E-state index contributed by atoms with van der Waals surface area (Å²) < 4.78 is 0. The van der Waals surface area contributed by atoms with E-state index in [4.69, 9.17) is 0 Å². The first-order chi connectivity index (χ1) is 13.0. The van der Waals surface area contributed by atoms with Gasteiger partial charge < -0.3 is 10.2 Å². The van der Waals surface area contributed by atoms with E-state index in [1.807, 2.05) is 30.0 Å². The van der Waals surface area contributed by atoms with Crippen LogP contribution in [0.2, 0.25) is 0 Å². The van der Waals surface area contributed by atoms with E-state index in [0.717, 1.165) is 50.0 Å². The molecule has 1 N–H and O–H groups in total. The van der Waals surface area contributed by atoms with Crippen molar-refractivity contribution < 1.29 is 9.59 Å². The topological polar surface area (TPSA) is 49.4 Å². The Morgan fingerprint density at radius 2 is 1.70 bits per heavy atom. The van der Waals surface area contributed by atoms with Crippen molar-refractivity contribution in [3.8, 4) is 0 Å². The monoisotopic (exact) mass is 364 g/mol. The van der Waals surface area contributed by atoms with E-state index in [-0.39, 0.29) is 11.8 Å². The van der Waals surface area contributed by atoms with E-state index in [1.54, 1.807) is 0 Å². The Balaban J connectivity index is 1.56. The molecule has 4 heteroatoms. The van der Waals surface area contributed by atoms with Crippen LogP contribution in [0.1, 0.15) is 52.7 Å². The first-order valence-electron chi connectivity index (χ1n) is 9.79. The lowest BCUT2D eigenvalue weighted by molar-refractivity contribution is -0.116. The summed E-state index contributed by atoms with van der Waals surface area (Å²) in [6, 6.07) is 14.0. The Morgan fingerprint density at radius 3 is 2.41 bits per heavy atom. The Kier molecular flexibility index (Phi) is 6.28. The average Bonchev–Trinajstić information content (AvgIpc) is 3.19. The molecule has 1 heterocycles. The van der Waals surface area contributed by atoms with Crippen LogP contribution in [0, 0.1) is 13.8 Å². The maximum absolute atomic E-state index is 12.7. The molecule has 3 rings (SSSR count). The molecule has 4 nitrogen and oxygen atoms in total. The highest BCUT2D eigenvalue weighted by Crippen LogP contribution is 2.22. The third-order valence-electron chi connectivity index (χ3n) is 5.22. The van der Waals surface area contributed by atoms with Gasteiger partial charge in [0.05, 0.1) is 0 Å². The van der Waals surface area contributed by atoms with Crippen LogP contribution in [-0.4, -0.2) is 29.8 Å². The van der Waals surface area contributed by atoms with Gasteiger partial charge in [-0.1, -0.05) is 35.9 Å². The molecule has 0 bridgehead atoms. The summed E-state index contributed by atoms with van der Waals surface area (Å²) in [6.07, 6.45) is 4.31. The van der Waals surface area contributed by atoms with E-state index in [2.05, 4.69) is 36.5 Å². The van der Waals surface area contributed by atoms with E-state index < -0.39 is 0 Å². The molecule has 2 aromatic carbocycles. The van der Waals surface area contributed by atoms with Crippen LogP contribution in [-0.2, 0) is 11.2 Å². The summed E-state index contributed by atoms with van der Waals surface area (Å²) in [4.78, 5) is 26.9. The lowest BCUT2D eigenvalue weighted by Crippen LogP contribution is -2.28. The Hall–Kier alpha value is -2.62. The smallest absolute Gasteiger partial charge is 0.254 e. The van der Waals surface area contributed by atoms with E-state index in [1.165, 1.54) is 11.1 Å². The molecule has 0 unspecified atom stereocenters. The second-order valence-electron chi connectivity index (χ2n) is 7.36. The van der Waals surface area contributed by atoms with E-state index in [0.29, 0.717) is 12.0 Å². The van der Waals surface area contributed by atoms with Crippen molar-refractivity contribution in [2.45, 2.75) is 46.0 Å². The Bertz CT molecular complexity index is 806. The van der Waals surface area contributed by atoms with Gasteiger partial charge in [-0.2, -0.15) is 0 Å².